The van der Waals surface area contributed by atoms with E-state index in [2.05, 4.69) is 0 Å². The van der Waals surface area contributed by atoms with Gasteiger partial charge in [0.05, 0.1) is 17.4 Å². The van der Waals surface area contributed by atoms with E-state index in [0.29, 0.717) is 35.8 Å². The molecule has 1 heterocycles. The van der Waals surface area contributed by atoms with Crippen molar-refractivity contribution in [2.75, 3.05) is 11.4 Å². The van der Waals surface area contributed by atoms with E-state index < -0.39 is 17.6 Å². The van der Waals surface area contributed by atoms with Crippen LogP contribution in [0.15, 0.2) is 84.6 Å². The lowest BCUT2D eigenvalue weighted by Crippen LogP contribution is -2.35. The second-order valence-corrected chi connectivity index (χ2v) is 8.31. The second kappa shape index (κ2) is 9.91. The van der Waals surface area contributed by atoms with Gasteiger partial charge >= 0.3 is 0 Å². The van der Waals surface area contributed by atoms with Crippen LogP contribution < -0.4 is 9.64 Å². The summed E-state index contributed by atoms with van der Waals surface area (Å²) in [7, 11) is 0. The number of anilines is 1. The number of imide groups is 1. The molecule has 1 aliphatic heterocycles. The van der Waals surface area contributed by atoms with Crippen LogP contribution in [0.5, 0.6) is 5.75 Å². The predicted molar refractivity (Wildman–Crippen MR) is 131 cm³/mol. The van der Waals surface area contributed by atoms with Gasteiger partial charge < -0.3 is 9.64 Å². The summed E-state index contributed by atoms with van der Waals surface area (Å²) in [4.78, 5) is 30.7. The summed E-state index contributed by atoms with van der Waals surface area (Å²) in [5.74, 6) is -0.850. The average Bonchev–Trinajstić information content (AvgIpc) is 3.08. The van der Waals surface area contributed by atoms with Gasteiger partial charge in [0, 0.05) is 13.1 Å². The van der Waals surface area contributed by atoms with Crippen molar-refractivity contribution >= 4 is 23.1 Å². The first-order chi connectivity index (χ1) is 16.4. The largest absolute Gasteiger partial charge is 0.489 e. The molecular formula is C28H27FN2O3. The Labute approximate surface area is 199 Å². The normalized spacial score (nSPS) is 13.7. The van der Waals surface area contributed by atoms with E-state index in [4.69, 9.17) is 4.74 Å². The molecule has 5 nitrogen and oxygen atoms in total. The maximum atomic E-state index is 13.9. The first kappa shape index (κ1) is 23.2. The van der Waals surface area contributed by atoms with Crippen molar-refractivity contribution in [3.8, 4) is 5.75 Å². The quantitative estimate of drug-likeness (QED) is 0.423. The molecule has 0 radical (unpaired) electrons. The summed E-state index contributed by atoms with van der Waals surface area (Å²) < 4.78 is 19.6. The van der Waals surface area contributed by atoms with E-state index in [-0.39, 0.29) is 11.7 Å². The Morgan fingerprint density at radius 3 is 2.18 bits per heavy atom. The number of amides is 2. The van der Waals surface area contributed by atoms with E-state index in [9.17, 15) is 14.0 Å². The molecule has 3 aromatic rings. The molecular weight excluding hydrogens is 431 g/mol. The molecule has 34 heavy (non-hydrogen) atoms. The van der Waals surface area contributed by atoms with E-state index in [1.807, 2.05) is 56.0 Å². The van der Waals surface area contributed by atoms with Crippen molar-refractivity contribution in [3.05, 3.63) is 102 Å². The summed E-state index contributed by atoms with van der Waals surface area (Å²) in [5.41, 5.74) is 2.43. The molecule has 0 bridgehead atoms. The fraction of sp³-hybridized carbons (Fsp3) is 0.214. The van der Waals surface area contributed by atoms with Crippen molar-refractivity contribution in [1.82, 2.24) is 4.90 Å². The van der Waals surface area contributed by atoms with Gasteiger partial charge in [-0.25, -0.2) is 9.29 Å². The Kier molecular flexibility index (Phi) is 6.77. The number of hydrogen-bond donors (Lipinski definition) is 0. The predicted octanol–water partition coefficient (Wildman–Crippen LogP) is 5.42. The van der Waals surface area contributed by atoms with E-state index in [1.165, 1.54) is 29.2 Å². The summed E-state index contributed by atoms with van der Waals surface area (Å²) in [6.45, 7) is 6.67. The van der Waals surface area contributed by atoms with Crippen LogP contribution in [0.4, 0.5) is 10.1 Å². The molecule has 0 saturated carbocycles. The number of ether oxygens (including phenoxy) is 1. The maximum Gasteiger partial charge on any atom is 0.282 e. The van der Waals surface area contributed by atoms with Gasteiger partial charge in [-0.1, -0.05) is 54.6 Å². The lowest BCUT2D eigenvalue weighted by molar-refractivity contribution is -0.120. The van der Waals surface area contributed by atoms with Crippen LogP contribution in [-0.4, -0.2) is 29.4 Å². The van der Waals surface area contributed by atoms with Crippen LogP contribution in [-0.2, 0) is 16.1 Å². The van der Waals surface area contributed by atoms with Crippen LogP contribution >= 0.6 is 0 Å². The fourth-order valence-corrected chi connectivity index (χ4v) is 4.06. The second-order valence-electron chi connectivity index (χ2n) is 8.31. The van der Waals surface area contributed by atoms with Crippen LogP contribution in [0.3, 0.4) is 0 Å². The third-order valence-corrected chi connectivity index (χ3v) is 5.58. The molecule has 0 saturated heterocycles. The van der Waals surface area contributed by atoms with Crippen LogP contribution in [0.2, 0.25) is 0 Å². The molecule has 0 N–H and O–H groups in total. The standard InChI is InChI=1S/C28H27FN2O3/c1-4-30(18-20-10-6-5-7-11-20)26-25(21-14-16-22(29)17-15-21)27(32)31(28(26)33)23-12-8-9-13-24(23)34-19(2)3/h5-17,19H,4,18H2,1-3H3. The summed E-state index contributed by atoms with van der Waals surface area (Å²) in [5, 5.41) is 0. The minimum absolute atomic E-state index is 0.136. The van der Waals surface area contributed by atoms with Gasteiger partial charge in [-0.2, -0.15) is 0 Å². The van der Waals surface area contributed by atoms with Crippen LogP contribution in [0.25, 0.3) is 5.57 Å². The number of carbonyl (C=O) groups is 2. The number of likely N-dealkylation sites (N-methyl/N-ethyl adjacent to an activating group) is 1. The highest BCUT2D eigenvalue weighted by Crippen LogP contribution is 2.39. The van der Waals surface area contributed by atoms with Gasteiger partial charge in [0.1, 0.15) is 17.3 Å². The fourth-order valence-electron chi connectivity index (χ4n) is 4.06. The summed E-state index contributed by atoms with van der Waals surface area (Å²) in [6.07, 6.45) is -0.136. The van der Waals surface area contributed by atoms with Crippen molar-refractivity contribution in [2.24, 2.45) is 0 Å². The molecule has 0 atom stereocenters. The first-order valence-corrected chi connectivity index (χ1v) is 11.3. The third kappa shape index (κ3) is 4.57. The Balaban J connectivity index is 1.84. The highest BCUT2D eigenvalue weighted by atomic mass is 19.1. The van der Waals surface area contributed by atoms with Crippen LogP contribution in [0.1, 0.15) is 31.9 Å². The molecule has 174 valence electrons. The number of carbonyl (C=O) groups excluding carboxylic acids is 2. The van der Waals surface area contributed by atoms with Crippen LogP contribution in [0, 0.1) is 5.82 Å². The molecule has 0 spiro atoms. The number of benzene rings is 3. The van der Waals surface area contributed by atoms with E-state index in [1.54, 1.807) is 24.3 Å². The zero-order valence-corrected chi connectivity index (χ0v) is 19.5. The number of halogens is 1. The van der Waals surface area contributed by atoms with Gasteiger partial charge in [-0.3, -0.25) is 9.59 Å². The number of hydrogen-bond acceptors (Lipinski definition) is 4. The smallest absolute Gasteiger partial charge is 0.282 e. The first-order valence-electron chi connectivity index (χ1n) is 11.3. The monoisotopic (exact) mass is 458 g/mol. The lowest BCUT2D eigenvalue weighted by Gasteiger charge is -2.25. The van der Waals surface area contributed by atoms with E-state index in [0.717, 1.165) is 5.56 Å². The molecule has 0 aromatic heterocycles. The van der Waals surface area contributed by atoms with Crippen molar-refractivity contribution in [2.45, 2.75) is 33.4 Å². The molecule has 3 aromatic carbocycles. The highest BCUT2D eigenvalue weighted by molar-refractivity contribution is 6.45. The zero-order chi connectivity index (χ0) is 24.2. The topological polar surface area (TPSA) is 49.9 Å². The Morgan fingerprint density at radius 2 is 1.53 bits per heavy atom. The molecule has 2 amide bonds. The number of para-hydroxylation sites is 2. The van der Waals surface area contributed by atoms with Gasteiger partial charge in [-0.15, -0.1) is 0 Å². The summed E-state index contributed by atoms with van der Waals surface area (Å²) in [6, 6.07) is 22.4. The SMILES string of the molecule is CCN(Cc1ccccc1)C1=C(c2ccc(F)cc2)C(=O)N(c2ccccc2OC(C)C)C1=O. The molecule has 0 fully saturated rings. The number of nitrogens with zero attached hydrogens (tertiary/aromatic N) is 2. The molecule has 0 aliphatic carbocycles. The minimum atomic E-state index is -0.460. The van der Waals surface area contributed by atoms with Gasteiger partial charge in [0.15, 0.2) is 0 Å². The van der Waals surface area contributed by atoms with E-state index >= 15 is 0 Å². The molecule has 1 aliphatic rings. The Morgan fingerprint density at radius 1 is 0.882 bits per heavy atom. The lowest BCUT2D eigenvalue weighted by atomic mass is 10.0. The third-order valence-electron chi connectivity index (χ3n) is 5.58. The Hall–Kier alpha value is -3.93. The molecule has 0 unspecified atom stereocenters. The van der Waals surface area contributed by atoms with Crippen molar-refractivity contribution < 1.29 is 18.7 Å². The van der Waals surface area contributed by atoms with Gasteiger partial charge in [0.2, 0.25) is 0 Å². The zero-order valence-electron chi connectivity index (χ0n) is 19.5. The number of rotatable bonds is 8. The van der Waals surface area contributed by atoms with Gasteiger partial charge in [0.25, 0.3) is 11.8 Å². The average molecular weight is 459 g/mol. The molecule has 6 heteroatoms. The summed E-state index contributed by atoms with van der Waals surface area (Å²) >= 11 is 0. The Bertz CT molecular complexity index is 1220. The van der Waals surface area contributed by atoms with Crippen molar-refractivity contribution in [1.29, 1.82) is 0 Å². The molecule has 4 rings (SSSR count). The highest BCUT2D eigenvalue weighted by Gasteiger charge is 2.43. The maximum absolute atomic E-state index is 13.9. The van der Waals surface area contributed by atoms with Gasteiger partial charge in [-0.05, 0) is 56.2 Å². The minimum Gasteiger partial charge on any atom is -0.489 e. The van der Waals surface area contributed by atoms with Crippen molar-refractivity contribution in [3.63, 3.8) is 0 Å².